The van der Waals surface area contributed by atoms with Crippen LogP contribution in [-0.4, -0.2) is 43.2 Å². The normalized spacial score (nSPS) is 30.2. The van der Waals surface area contributed by atoms with Gasteiger partial charge in [-0.1, -0.05) is 19.3 Å². The molecule has 0 amide bonds. The molecule has 2 N–H and O–H groups in total. The van der Waals surface area contributed by atoms with Gasteiger partial charge in [0.2, 0.25) is 0 Å². The molecule has 0 aromatic carbocycles. The molecule has 2 atom stereocenters. The number of carbonyl (C=O) groups is 1. The van der Waals surface area contributed by atoms with E-state index in [0.29, 0.717) is 12.3 Å². The molecule has 1 saturated carbocycles. The molecule has 2 rings (SSSR count). The fourth-order valence-electron chi connectivity index (χ4n) is 3.66. The molecular weight excluding hydrogens is 240 g/mol. The van der Waals surface area contributed by atoms with Crippen molar-refractivity contribution < 1.29 is 9.53 Å². The van der Waals surface area contributed by atoms with E-state index in [4.69, 9.17) is 10.5 Å². The van der Waals surface area contributed by atoms with Crippen molar-refractivity contribution in [3.8, 4) is 0 Å². The molecule has 110 valence electrons. The Morgan fingerprint density at radius 3 is 2.68 bits per heavy atom. The topological polar surface area (TPSA) is 55.6 Å². The molecule has 1 heterocycles. The lowest BCUT2D eigenvalue weighted by molar-refractivity contribution is -0.141. The summed E-state index contributed by atoms with van der Waals surface area (Å²) in [6.45, 7) is 2.16. The first-order chi connectivity index (χ1) is 9.19. The van der Waals surface area contributed by atoms with Crippen molar-refractivity contribution in [1.29, 1.82) is 0 Å². The van der Waals surface area contributed by atoms with Crippen molar-refractivity contribution in [2.45, 2.75) is 63.5 Å². The molecule has 0 bridgehead atoms. The number of hydrogen-bond acceptors (Lipinski definition) is 4. The van der Waals surface area contributed by atoms with Crippen LogP contribution in [-0.2, 0) is 9.53 Å². The summed E-state index contributed by atoms with van der Waals surface area (Å²) in [5, 5.41) is 0. The highest BCUT2D eigenvalue weighted by molar-refractivity contribution is 5.69. The van der Waals surface area contributed by atoms with Crippen molar-refractivity contribution in [2.24, 2.45) is 11.7 Å². The van der Waals surface area contributed by atoms with Gasteiger partial charge in [-0.3, -0.25) is 9.69 Å². The number of methoxy groups -OCH3 is 1. The van der Waals surface area contributed by atoms with Gasteiger partial charge in [-0.05, 0) is 31.6 Å². The zero-order valence-corrected chi connectivity index (χ0v) is 12.1. The second-order valence-corrected chi connectivity index (χ2v) is 6.22. The van der Waals surface area contributed by atoms with Gasteiger partial charge in [0.25, 0.3) is 0 Å². The van der Waals surface area contributed by atoms with Crippen LogP contribution in [0.15, 0.2) is 0 Å². The highest BCUT2D eigenvalue weighted by atomic mass is 16.5. The zero-order valence-electron chi connectivity index (χ0n) is 12.1. The monoisotopic (exact) mass is 268 g/mol. The van der Waals surface area contributed by atoms with Gasteiger partial charge in [-0.25, -0.2) is 0 Å². The van der Waals surface area contributed by atoms with Gasteiger partial charge in [0.1, 0.15) is 0 Å². The third-order valence-corrected chi connectivity index (χ3v) is 4.67. The minimum atomic E-state index is -0.0941. The maximum atomic E-state index is 11.3. The Morgan fingerprint density at radius 2 is 2.00 bits per heavy atom. The average Bonchev–Trinajstić information content (AvgIpc) is 2.45. The molecule has 19 heavy (non-hydrogen) atoms. The van der Waals surface area contributed by atoms with E-state index in [-0.39, 0.29) is 12.0 Å². The van der Waals surface area contributed by atoms with E-state index in [1.54, 1.807) is 0 Å². The SMILES string of the molecule is COC(=O)CCC1CC(N)CN(C2CCCCC2)C1. The van der Waals surface area contributed by atoms with E-state index < -0.39 is 0 Å². The van der Waals surface area contributed by atoms with Crippen LogP contribution in [0, 0.1) is 5.92 Å². The van der Waals surface area contributed by atoms with Crippen LogP contribution in [0.25, 0.3) is 0 Å². The highest BCUT2D eigenvalue weighted by Gasteiger charge is 2.30. The first-order valence-electron chi connectivity index (χ1n) is 7.75. The number of nitrogens with two attached hydrogens (primary N) is 1. The average molecular weight is 268 g/mol. The van der Waals surface area contributed by atoms with Gasteiger partial charge in [0.05, 0.1) is 7.11 Å². The van der Waals surface area contributed by atoms with Crippen LogP contribution in [0.4, 0.5) is 0 Å². The second kappa shape index (κ2) is 7.25. The van der Waals surface area contributed by atoms with Crippen molar-refractivity contribution in [2.75, 3.05) is 20.2 Å². The molecule has 0 aromatic rings. The molecule has 1 saturated heterocycles. The number of piperidine rings is 1. The number of rotatable bonds is 4. The van der Waals surface area contributed by atoms with E-state index in [1.807, 2.05) is 0 Å². The summed E-state index contributed by atoms with van der Waals surface area (Å²) in [6.07, 6.45) is 9.29. The molecule has 2 aliphatic rings. The van der Waals surface area contributed by atoms with Gasteiger partial charge in [0.15, 0.2) is 0 Å². The summed E-state index contributed by atoms with van der Waals surface area (Å²) >= 11 is 0. The van der Waals surface area contributed by atoms with Crippen LogP contribution < -0.4 is 5.73 Å². The maximum Gasteiger partial charge on any atom is 0.305 e. The fraction of sp³-hybridized carbons (Fsp3) is 0.933. The molecule has 2 fully saturated rings. The van der Waals surface area contributed by atoms with E-state index in [0.717, 1.165) is 32.0 Å². The number of esters is 1. The largest absolute Gasteiger partial charge is 0.469 e. The Labute approximate surface area is 116 Å². The molecule has 1 aliphatic carbocycles. The molecule has 0 spiro atoms. The van der Waals surface area contributed by atoms with Crippen molar-refractivity contribution >= 4 is 5.97 Å². The second-order valence-electron chi connectivity index (χ2n) is 6.22. The van der Waals surface area contributed by atoms with Gasteiger partial charge < -0.3 is 10.5 Å². The molecular formula is C15H28N2O2. The quantitative estimate of drug-likeness (QED) is 0.792. The summed E-state index contributed by atoms with van der Waals surface area (Å²) in [7, 11) is 1.46. The number of ether oxygens (including phenoxy) is 1. The number of nitrogens with zero attached hydrogens (tertiary/aromatic N) is 1. The highest BCUT2D eigenvalue weighted by Crippen LogP contribution is 2.28. The van der Waals surface area contributed by atoms with Gasteiger partial charge >= 0.3 is 5.97 Å². The van der Waals surface area contributed by atoms with E-state index >= 15 is 0 Å². The number of carbonyl (C=O) groups excluding carboxylic acids is 1. The Balaban J connectivity index is 1.82. The van der Waals surface area contributed by atoms with Crippen LogP contribution in [0.3, 0.4) is 0 Å². The minimum Gasteiger partial charge on any atom is -0.469 e. The Bertz CT molecular complexity index is 290. The molecule has 0 aromatic heterocycles. The van der Waals surface area contributed by atoms with Crippen molar-refractivity contribution in [3.63, 3.8) is 0 Å². The van der Waals surface area contributed by atoms with Crippen molar-refractivity contribution in [3.05, 3.63) is 0 Å². The maximum absolute atomic E-state index is 11.3. The zero-order chi connectivity index (χ0) is 13.7. The minimum absolute atomic E-state index is 0.0941. The summed E-state index contributed by atoms with van der Waals surface area (Å²) in [4.78, 5) is 13.8. The predicted molar refractivity (Wildman–Crippen MR) is 75.8 cm³/mol. The van der Waals surface area contributed by atoms with E-state index in [1.165, 1.54) is 39.2 Å². The third kappa shape index (κ3) is 4.46. The van der Waals surface area contributed by atoms with Gasteiger partial charge in [-0.15, -0.1) is 0 Å². The summed E-state index contributed by atoms with van der Waals surface area (Å²) in [5.41, 5.74) is 6.20. The lowest BCUT2D eigenvalue weighted by Crippen LogP contribution is -2.51. The lowest BCUT2D eigenvalue weighted by atomic mass is 9.87. The summed E-state index contributed by atoms with van der Waals surface area (Å²) in [6, 6.07) is 1.01. The summed E-state index contributed by atoms with van der Waals surface area (Å²) < 4.78 is 4.73. The van der Waals surface area contributed by atoms with Gasteiger partial charge in [0, 0.05) is 31.6 Å². The fourth-order valence-corrected chi connectivity index (χ4v) is 3.66. The Morgan fingerprint density at radius 1 is 1.26 bits per heavy atom. The van der Waals surface area contributed by atoms with E-state index in [9.17, 15) is 4.79 Å². The van der Waals surface area contributed by atoms with Crippen LogP contribution in [0.1, 0.15) is 51.4 Å². The number of likely N-dealkylation sites (tertiary alicyclic amines) is 1. The first kappa shape index (κ1) is 14.8. The van der Waals surface area contributed by atoms with Crippen LogP contribution >= 0.6 is 0 Å². The van der Waals surface area contributed by atoms with Crippen LogP contribution in [0.2, 0.25) is 0 Å². The van der Waals surface area contributed by atoms with Crippen molar-refractivity contribution in [1.82, 2.24) is 4.90 Å². The lowest BCUT2D eigenvalue weighted by Gasteiger charge is -2.42. The van der Waals surface area contributed by atoms with Gasteiger partial charge in [-0.2, -0.15) is 0 Å². The third-order valence-electron chi connectivity index (χ3n) is 4.67. The Hall–Kier alpha value is -0.610. The summed E-state index contributed by atoms with van der Waals surface area (Å²) in [5.74, 6) is 0.466. The molecule has 4 nitrogen and oxygen atoms in total. The van der Waals surface area contributed by atoms with E-state index in [2.05, 4.69) is 4.90 Å². The standard InChI is InChI=1S/C15H28N2O2/c1-19-15(18)8-7-12-9-13(16)11-17(10-12)14-5-3-2-4-6-14/h12-14H,2-11,16H2,1H3. The van der Waals surface area contributed by atoms with Crippen LogP contribution in [0.5, 0.6) is 0 Å². The molecule has 1 aliphatic heterocycles. The predicted octanol–water partition coefficient (Wildman–Crippen LogP) is 1.92. The Kier molecular flexibility index (Phi) is 5.64. The first-order valence-corrected chi connectivity index (χ1v) is 7.75. The molecule has 0 radical (unpaired) electrons. The molecule has 2 unspecified atom stereocenters. The molecule has 4 heteroatoms. The smallest absolute Gasteiger partial charge is 0.305 e. The number of hydrogen-bond donors (Lipinski definition) is 1.